The second kappa shape index (κ2) is 7.25. The van der Waals surface area contributed by atoms with Gasteiger partial charge in [0.25, 0.3) is 5.91 Å². The molecule has 1 fully saturated rings. The van der Waals surface area contributed by atoms with Crippen molar-refractivity contribution in [3.8, 4) is 0 Å². The Morgan fingerprint density at radius 1 is 1.00 bits per heavy atom. The minimum Gasteiger partial charge on any atom is -0.326 e. The topological polar surface area (TPSA) is 70.6 Å². The molecule has 1 aliphatic carbocycles. The number of halogens is 1. The molecule has 2 N–H and O–H groups in total. The molecule has 128 valence electrons. The Bertz CT molecular complexity index is 810. The van der Waals surface area contributed by atoms with Crippen molar-refractivity contribution in [2.45, 2.75) is 19.8 Å². The van der Waals surface area contributed by atoms with Crippen molar-refractivity contribution >= 4 is 23.2 Å². The Labute approximate surface area is 144 Å². The van der Waals surface area contributed by atoms with Crippen LogP contribution in [0.4, 0.5) is 10.1 Å². The largest absolute Gasteiger partial charge is 0.326 e. The van der Waals surface area contributed by atoms with Crippen LogP contribution in [-0.4, -0.2) is 17.5 Å². The van der Waals surface area contributed by atoms with Gasteiger partial charge in [-0.2, -0.15) is 5.10 Å². The summed E-state index contributed by atoms with van der Waals surface area (Å²) in [4.78, 5) is 23.7. The number of nitrogens with zero attached hydrogens (tertiary/aromatic N) is 1. The minimum atomic E-state index is -0.410. The van der Waals surface area contributed by atoms with Gasteiger partial charge in [0.05, 0.1) is 5.71 Å². The maximum atomic E-state index is 12.9. The summed E-state index contributed by atoms with van der Waals surface area (Å²) in [7, 11) is 0. The molecule has 0 heterocycles. The number of hydrogen-bond donors (Lipinski definition) is 2. The van der Waals surface area contributed by atoms with Crippen molar-refractivity contribution < 1.29 is 14.0 Å². The van der Waals surface area contributed by atoms with E-state index in [1.54, 1.807) is 19.1 Å². The number of carbonyl (C=O) groups is 2. The molecule has 0 spiro atoms. The van der Waals surface area contributed by atoms with Gasteiger partial charge < -0.3 is 5.32 Å². The minimum absolute atomic E-state index is 0.0599. The molecular weight excluding hydrogens is 321 g/mol. The molecular formula is C19H18FN3O2. The first kappa shape index (κ1) is 16.8. The van der Waals surface area contributed by atoms with E-state index in [4.69, 9.17) is 0 Å². The highest BCUT2D eigenvalue weighted by molar-refractivity contribution is 6.01. The average Bonchev–Trinajstić information content (AvgIpc) is 3.46. The van der Waals surface area contributed by atoms with Crippen LogP contribution in [-0.2, 0) is 4.79 Å². The van der Waals surface area contributed by atoms with Gasteiger partial charge in [0.15, 0.2) is 0 Å². The molecule has 2 amide bonds. The molecule has 6 heteroatoms. The van der Waals surface area contributed by atoms with Crippen LogP contribution in [0.1, 0.15) is 35.7 Å². The summed E-state index contributed by atoms with van der Waals surface area (Å²) in [6.07, 6.45) is 1.92. The highest BCUT2D eigenvalue weighted by Crippen LogP contribution is 2.30. The van der Waals surface area contributed by atoms with Gasteiger partial charge >= 0.3 is 0 Å². The summed E-state index contributed by atoms with van der Waals surface area (Å²) >= 11 is 0. The van der Waals surface area contributed by atoms with E-state index in [9.17, 15) is 14.0 Å². The normalized spacial score (nSPS) is 14.1. The molecule has 5 nitrogen and oxygen atoms in total. The van der Waals surface area contributed by atoms with E-state index >= 15 is 0 Å². The van der Waals surface area contributed by atoms with Crippen LogP contribution in [0.25, 0.3) is 0 Å². The Hall–Kier alpha value is -3.02. The average molecular weight is 339 g/mol. The van der Waals surface area contributed by atoms with Crippen molar-refractivity contribution in [2.24, 2.45) is 11.0 Å². The van der Waals surface area contributed by atoms with Gasteiger partial charge in [0.1, 0.15) is 5.82 Å². The van der Waals surface area contributed by atoms with Crippen LogP contribution in [0.5, 0.6) is 0 Å². The summed E-state index contributed by atoms with van der Waals surface area (Å²) in [6.45, 7) is 1.77. The van der Waals surface area contributed by atoms with Crippen LogP contribution in [0.15, 0.2) is 53.6 Å². The zero-order valence-corrected chi connectivity index (χ0v) is 13.8. The Morgan fingerprint density at radius 3 is 2.20 bits per heavy atom. The Balaban J connectivity index is 1.60. The zero-order valence-electron chi connectivity index (χ0n) is 13.8. The van der Waals surface area contributed by atoms with Crippen molar-refractivity contribution in [1.82, 2.24) is 5.43 Å². The second-order valence-electron chi connectivity index (χ2n) is 5.99. The van der Waals surface area contributed by atoms with E-state index < -0.39 is 11.7 Å². The lowest BCUT2D eigenvalue weighted by Gasteiger charge is -2.06. The third kappa shape index (κ3) is 4.50. The smallest absolute Gasteiger partial charge is 0.271 e. The molecule has 0 unspecified atom stereocenters. The summed E-state index contributed by atoms with van der Waals surface area (Å²) in [5, 5.41) is 6.93. The number of hydrogen-bond acceptors (Lipinski definition) is 3. The monoisotopic (exact) mass is 339 g/mol. The second-order valence-corrected chi connectivity index (χ2v) is 5.99. The van der Waals surface area contributed by atoms with Crippen LogP contribution >= 0.6 is 0 Å². The number of benzene rings is 2. The number of anilines is 1. The molecule has 0 bridgehead atoms. The molecule has 1 saturated carbocycles. The van der Waals surface area contributed by atoms with Gasteiger partial charge in [0, 0.05) is 17.2 Å². The van der Waals surface area contributed by atoms with E-state index in [-0.39, 0.29) is 11.8 Å². The lowest BCUT2D eigenvalue weighted by atomic mass is 10.1. The first-order valence-electron chi connectivity index (χ1n) is 8.04. The zero-order chi connectivity index (χ0) is 17.8. The predicted molar refractivity (Wildman–Crippen MR) is 93.9 cm³/mol. The van der Waals surface area contributed by atoms with E-state index in [2.05, 4.69) is 15.8 Å². The maximum Gasteiger partial charge on any atom is 0.271 e. The van der Waals surface area contributed by atoms with Crippen molar-refractivity contribution in [1.29, 1.82) is 0 Å². The molecule has 0 aliphatic heterocycles. The fraction of sp³-hybridized carbons (Fsp3) is 0.211. The van der Waals surface area contributed by atoms with Crippen LogP contribution in [0.2, 0.25) is 0 Å². The third-order valence-electron chi connectivity index (χ3n) is 3.95. The molecule has 2 aromatic carbocycles. The number of nitrogens with one attached hydrogen (secondary N) is 2. The van der Waals surface area contributed by atoms with Crippen LogP contribution in [0.3, 0.4) is 0 Å². The Kier molecular flexibility index (Phi) is 4.88. The fourth-order valence-corrected chi connectivity index (χ4v) is 2.25. The summed E-state index contributed by atoms with van der Waals surface area (Å²) in [5.41, 5.74) is 4.96. The molecule has 0 saturated heterocycles. The molecule has 0 atom stereocenters. The van der Waals surface area contributed by atoms with Gasteiger partial charge in [-0.25, -0.2) is 9.82 Å². The van der Waals surface area contributed by atoms with Gasteiger partial charge in [-0.05, 0) is 61.7 Å². The lowest BCUT2D eigenvalue weighted by molar-refractivity contribution is -0.117. The number of rotatable bonds is 5. The molecule has 1 aliphatic rings. The van der Waals surface area contributed by atoms with Gasteiger partial charge in [-0.3, -0.25) is 9.59 Å². The first-order valence-corrected chi connectivity index (χ1v) is 8.04. The van der Waals surface area contributed by atoms with Crippen molar-refractivity contribution in [2.75, 3.05) is 5.32 Å². The first-order chi connectivity index (χ1) is 12.0. The predicted octanol–water partition coefficient (Wildman–Crippen LogP) is 3.33. The molecule has 2 aromatic rings. The van der Waals surface area contributed by atoms with E-state index in [1.807, 2.05) is 12.1 Å². The maximum absolute atomic E-state index is 12.9. The van der Waals surface area contributed by atoms with Gasteiger partial charge in [-0.15, -0.1) is 0 Å². The lowest BCUT2D eigenvalue weighted by Crippen LogP contribution is -2.19. The highest BCUT2D eigenvalue weighted by Gasteiger charge is 2.29. The summed E-state index contributed by atoms with van der Waals surface area (Å²) in [5.74, 6) is -0.591. The molecule has 25 heavy (non-hydrogen) atoms. The van der Waals surface area contributed by atoms with Crippen LogP contribution < -0.4 is 10.7 Å². The molecule has 0 radical (unpaired) electrons. The molecule has 3 rings (SSSR count). The van der Waals surface area contributed by atoms with Crippen LogP contribution in [0, 0.1) is 11.7 Å². The molecule has 0 aromatic heterocycles. The number of carbonyl (C=O) groups excluding carboxylic acids is 2. The van der Waals surface area contributed by atoms with Crippen molar-refractivity contribution in [3.05, 3.63) is 65.5 Å². The number of hydrazone groups is 1. The van der Waals surface area contributed by atoms with Gasteiger partial charge in [0.2, 0.25) is 5.91 Å². The van der Waals surface area contributed by atoms with Gasteiger partial charge in [-0.1, -0.05) is 12.1 Å². The Morgan fingerprint density at radius 2 is 1.60 bits per heavy atom. The standard InChI is InChI=1S/C19H18FN3O2/c1-12(22-23-19(25)15-4-8-16(20)9-5-15)13-6-10-17(11-7-13)21-18(24)14-2-3-14/h4-11,14H,2-3H2,1H3,(H,21,24)(H,23,25). The van der Waals surface area contributed by atoms with Crippen molar-refractivity contribution in [3.63, 3.8) is 0 Å². The SMILES string of the molecule is CC(=NNC(=O)c1ccc(F)cc1)c1ccc(NC(=O)C2CC2)cc1. The third-order valence-corrected chi connectivity index (χ3v) is 3.95. The van der Waals surface area contributed by atoms with E-state index in [0.717, 1.165) is 24.1 Å². The summed E-state index contributed by atoms with van der Waals surface area (Å²) < 4.78 is 12.9. The van der Waals surface area contributed by atoms with E-state index in [1.165, 1.54) is 24.3 Å². The van der Waals surface area contributed by atoms with E-state index in [0.29, 0.717) is 11.3 Å². The highest BCUT2D eigenvalue weighted by atomic mass is 19.1. The quantitative estimate of drug-likeness (QED) is 0.648. The summed E-state index contributed by atoms with van der Waals surface area (Å²) in [6, 6.07) is 12.5. The fourth-order valence-electron chi connectivity index (χ4n) is 2.25. The number of amides is 2.